The second-order valence-corrected chi connectivity index (χ2v) is 38.7. The number of imidazole rings is 4. The van der Waals surface area contributed by atoms with Crippen molar-refractivity contribution in [3.8, 4) is 56.9 Å². The number of aryl methyl sites for hydroxylation is 4. The zero-order valence-corrected chi connectivity index (χ0v) is 80.4. The average molecular weight is 2440 g/mol. The normalized spacial score (nSPS) is 14.7. The summed E-state index contributed by atoms with van der Waals surface area (Å²) in [5.41, 5.74) is 22.6. The molecule has 0 saturated carbocycles. The standard InChI is InChI=1S/C46H30B2N8S4.C44H24B2N8S4.4Pt/c1-51-17-19-55(25-51)29-7-11-37-33(23-29)47-31-21-27(45-49-13-15-53(45)3)5-9-35(31)57-41-39(47)43(59-37)44-40-42(41)58-36-10-6-28(46-50-14-16-54(46)4)22-32(36)48(40)34-24-30(8-12-38(34)60-44)56-20-18-52(2)26-56;1-51-19-15-47-43(51)25-5-9-33-29(21-25)45-31-23-27(53-17-3-13-49-53)7-11-35(31)57-41-37(45)39(55-33)40-38-42(41)58-36-12-8-28(54-18-4-14-50-54)24-32(36)46(38)30-22-26(6-10-34(30)56-40)44-48-16-20-52(44)2;;;;/h5-20,25-26H,1-4H3;3-20H,1-2H3;;;;/q-6;-4;;;2*+2. The first kappa shape index (κ1) is 81.0. The molecule has 10 aromatic carbocycles. The summed E-state index contributed by atoms with van der Waals surface area (Å²) in [6, 6.07) is 71.0. The Balaban J connectivity index is 0.000000146. The van der Waals surface area contributed by atoms with E-state index in [1.54, 1.807) is 0 Å². The monoisotopic (exact) mass is 2440 g/mol. The minimum Gasteiger partial charge on any atom is -0.510 e. The molecule has 0 fully saturated rings. The topological polar surface area (TPSA) is 120 Å². The molecule has 32 heteroatoms. The van der Waals surface area contributed by atoms with Gasteiger partial charge in [-0.1, -0.05) is 19.6 Å². The van der Waals surface area contributed by atoms with Crippen LogP contribution in [0.3, 0.4) is 0 Å². The summed E-state index contributed by atoms with van der Waals surface area (Å²) in [4.78, 5) is 47.6. The zero-order chi connectivity index (χ0) is 78.2. The van der Waals surface area contributed by atoms with Crippen LogP contribution in [0.5, 0.6) is 0 Å². The number of hydrogen-bond acceptors (Lipinski definition) is 18. The van der Waals surface area contributed by atoms with Gasteiger partial charge in [-0.05, 0) is 84.3 Å². The molecule has 0 amide bonds. The Morgan fingerprint density at radius 1 is 0.279 bits per heavy atom. The number of aromatic nitrogens is 12. The second kappa shape index (κ2) is 31.5. The fourth-order valence-electron chi connectivity index (χ4n) is 17.8. The van der Waals surface area contributed by atoms with Crippen LogP contribution in [-0.4, -0.2) is 109 Å². The molecule has 10 aliphatic heterocycles. The Bertz CT molecular complexity index is 6690. The van der Waals surface area contributed by atoms with Crippen molar-refractivity contribution in [3.05, 3.63) is 270 Å². The smallest absolute Gasteiger partial charge is 0.510 e. The van der Waals surface area contributed by atoms with Crippen LogP contribution in [-0.2, 0) is 112 Å². The van der Waals surface area contributed by atoms with Crippen LogP contribution in [0.1, 0.15) is 0 Å². The summed E-state index contributed by atoms with van der Waals surface area (Å²) in [5, 5.41) is 9.18. The number of rotatable bonds is 8. The van der Waals surface area contributed by atoms with E-state index in [0.717, 1.165) is 90.2 Å². The Morgan fingerprint density at radius 3 is 0.738 bits per heavy atom. The maximum absolute atomic E-state index is 4.75. The molecule has 6 aromatic heterocycles. The molecule has 26 rings (SSSR count). The van der Waals surface area contributed by atoms with Gasteiger partial charge in [0, 0.05) is 184 Å². The molecule has 16 nitrogen and oxygen atoms in total. The molecule has 600 valence electrons. The van der Waals surface area contributed by atoms with E-state index in [1.165, 1.54) is 122 Å². The SMILES string of the molecule is CN1C=CN(c2[c-]c3c(cc2)Sc2c4c5c(c6c2B3c2[c-]c(-c3nccn3C)ccc2S6)Sc2ccc(-c3nccn3C)[c-]c2B5c2[c-]c(N3C=CN(C)[CH-]3)ccc2S4)[CH-]1.Cn1ccnc1-c1[c-]c2c(cc1)Sc1c3c4c(c5c1B2c1[c-]c(-n2cccn2)ccc1S5)Sc1ccc(-n2cccn2)[c-]c1B4c1[c-]c(-c2nccn2C)ccc1S3.[Pt+2].[Pt+2].[Pt].[Pt]. The van der Waals surface area contributed by atoms with E-state index in [4.69, 9.17) is 19.9 Å². The number of fused-ring (bicyclic) bond motifs is 20. The van der Waals surface area contributed by atoms with Crippen LogP contribution < -0.4 is 75.4 Å². The van der Waals surface area contributed by atoms with Gasteiger partial charge in [-0.3, -0.25) is 29.3 Å². The van der Waals surface area contributed by atoms with Gasteiger partial charge in [0.1, 0.15) is 0 Å². The van der Waals surface area contributed by atoms with E-state index in [1.807, 2.05) is 204 Å². The van der Waals surface area contributed by atoms with Crippen LogP contribution in [0.25, 0.3) is 56.9 Å². The van der Waals surface area contributed by atoms with E-state index >= 15 is 0 Å². The molecule has 0 bridgehead atoms. The van der Waals surface area contributed by atoms with E-state index in [9.17, 15) is 0 Å². The third kappa shape index (κ3) is 12.8. The van der Waals surface area contributed by atoms with Crippen molar-refractivity contribution < 1.29 is 84.3 Å². The first-order chi connectivity index (χ1) is 57.9. The fraction of sp³-hybridized carbons (Fsp3) is 0.0667. The summed E-state index contributed by atoms with van der Waals surface area (Å²) in [6.45, 7) is 3.86. The largest absolute Gasteiger partial charge is 2.00 e. The van der Waals surface area contributed by atoms with Crippen LogP contribution in [0.2, 0.25) is 0 Å². The molecule has 0 radical (unpaired) electrons. The summed E-state index contributed by atoms with van der Waals surface area (Å²) in [5.74, 6) is 3.61. The molecule has 0 saturated heterocycles. The predicted molar refractivity (Wildman–Crippen MR) is 477 cm³/mol. The molecule has 16 heterocycles. The number of nitrogens with zero attached hydrogens (tertiary/aromatic N) is 16. The Kier molecular flexibility index (Phi) is 20.9. The quantitative estimate of drug-likeness (QED) is 0.106. The van der Waals surface area contributed by atoms with Gasteiger partial charge in [0.25, 0.3) is 0 Å². The molecule has 10 aliphatic rings. The van der Waals surface area contributed by atoms with Gasteiger partial charge < -0.3 is 37.9 Å². The minimum absolute atomic E-state index is 0. The molecule has 0 N–H and O–H groups in total. The van der Waals surface area contributed by atoms with Crippen molar-refractivity contribution in [3.63, 3.8) is 0 Å². The summed E-state index contributed by atoms with van der Waals surface area (Å²) in [7, 11) is 12.3. The third-order valence-corrected chi connectivity index (χ3v) is 33.4. The van der Waals surface area contributed by atoms with Crippen molar-refractivity contribution in [1.82, 2.24) is 67.6 Å². The van der Waals surface area contributed by atoms with Crippen molar-refractivity contribution in [1.29, 1.82) is 0 Å². The first-order valence-corrected chi connectivity index (χ1v) is 44.8. The van der Waals surface area contributed by atoms with Crippen molar-refractivity contribution in [2.45, 2.75) is 78.3 Å². The zero-order valence-electron chi connectivity index (χ0n) is 64.8. The Labute approximate surface area is 798 Å². The third-order valence-electron chi connectivity index (χ3n) is 23.2. The molecule has 0 spiro atoms. The molecule has 122 heavy (non-hydrogen) atoms. The second-order valence-electron chi connectivity index (χ2n) is 30.2. The number of hydrogen-bond donors (Lipinski definition) is 0. The average Bonchev–Trinajstić information content (AvgIpc) is 0.779. The predicted octanol–water partition coefficient (Wildman–Crippen LogP) is 10.2. The molecule has 0 unspecified atom stereocenters. The van der Waals surface area contributed by atoms with Crippen molar-refractivity contribution in [2.75, 3.05) is 23.9 Å². The van der Waals surface area contributed by atoms with E-state index in [0.29, 0.717) is 0 Å². The molecular formula is C90H54B4N16Pt4S8-6. The minimum atomic E-state index is -0.0941. The number of benzene rings is 10. The fourth-order valence-corrected chi connectivity index (χ4v) is 28.4. The van der Waals surface area contributed by atoms with Gasteiger partial charge in [0.2, 0.25) is 26.9 Å². The maximum Gasteiger partial charge on any atom is 2.00 e. The molecular weight excluding hydrogens is 2390 g/mol. The van der Waals surface area contributed by atoms with Crippen LogP contribution in [0, 0.1) is 61.9 Å². The van der Waals surface area contributed by atoms with Crippen LogP contribution in [0.4, 0.5) is 11.4 Å². The Morgan fingerprint density at radius 2 is 0.516 bits per heavy atom. The number of anilines is 2. The summed E-state index contributed by atoms with van der Waals surface area (Å²) < 4.78 is 12.1. The summed E-state index contributed by atoms with van der Waals surface area (Å²) >= 11 is 15.1. The molecule has 0 atom stereocenters. The molecule has 0 aliphatic carbocycles. The van der Waals surface area contributed by atoms with E-state index in [-0.39, 0.29) is 111 Å². The summed E-state index contributed by atoms with van der Waals surface area (Å²) in [6.07, 6.45) is 31.4. The van der Waals surface area contributed by atoms with Crippen molar-refractivity contribution in [2.24, 2.45) is 28.2 Å². The maximum atomic E-state index is 4.75. The Hall–Kier alpha value is -8.05. The van der Waals surface area contributed by atoms with Gasteiger partial charge in [0.05, 0.1) is 23.3 Å². The van der Waals surface area contributed by atoms with Crippen LogP contribution >= 0.6 is 94.1 Å². The van der Waals surface area contributed by atoms with Gasteiger partial charge in [-0.25, -0.2) is 0 Å². The van der Waals surface area contributed by atoms with Gasteiger partial charge in [0.15, 0.2) is 0 Å². The van der Waals surface area contributed by atoms with Gasteiger partial charge in [-0.15, -0.1) is 219 Å². The van der Waals surface area contributed by atoms with Gasteiger partial charge in [-0.2, -0.15) is 141 Å². The molecule has 16 aromatic rings. The van der Waals surface area contributed by atoms with Crippen molar-refractivity contribution >= 4 is 198 Å². The van der Waals surface area contributed by atoms with Gasteiger partial charge >= 0.3 is 42.1 Å². The van der Waals surface area contributed by atoms with Crippen LogP contribution in [0.15, 0.2) is 287 Å². The van der Waals surface area contributed by atoms with E-state index < -0.39 is 0 Å². The first-order valence-electron chi connectivity index (χ1n) is 38.3. The van der Waals surface area contributed by atoms with E-state index in [2.05, 4.69) is 260 Å².